The lowest BCUT2D eigenvalue weighted by atomic mass is 9.93. The molecule has 0 unspecified atom stereocenters. The molecule has 3 rings (SSSR count). The van der Waals surface area contributed by atoms with Crippen LogP contribution in [0.1, 0.15) is 37.8 Å². The number of rotatable bonds is 0. The molecular weight excluding hydrogens is 174 g/mol. The van der Waals surface area contributed by atoms with Crippen molar-refractivity contribution in [1.82, 2.24) is 4.98 Å². The largest absolute Gasteiger partial charge is 0.490 e. The molecule has 0 amide bonds. The highest BCUT2D eigenvalue weighted by Crippen LogP contribution is 2.43. The van der Waals surface area contributed by atoms with E-state index in [4.69, 9.17) is 6.11 Å². The van der Waals surface area contributed by atoms with Crippen LogP contribution in [0.2, 0.25) is 0 Å². The van der Waals surface area contributed by atoms with Gasteiger partial charge in [-0.15, -0.1) is 0 Å². The first-order chi connectivity index (χ1) is 7.25. The summed E-state index contributed by atoms with van der Waals surface area (Å²) in [5.74, 6) is 1.11. The van der Waals surface area contributed by atoms with E-state index in [9.17, 15) is 0 Å². The highest BCUT2D eigenvalue weighted by Gasteiger charge is 2.37. The molecule has 0 N–H and O–H groups in total. The molecular formula is C12H13NO. The van der Waals surface area contributed by atoms with Gasteiger partial charge in [-0.1, -0.05) is 6.58 Å². The summed E-state index contributed by atoms with van der Waals surface area (Å²) in [6.07, 6.45) is 3.99. The summed E-state index contributed by atoms with van der Waals surface area (Å²) in [5, 5.41) is 0. The Labute approximate surface area is 85.0 Å². The third kappa shape index (κ3) is 0.999. The number of ether oxygens (including phenoxy) is 1. The summed E-state index contributed by atoms with van der Waals surface area (Å²) in [6, 6.07) is 3.60. The van der Waals surface area contributed by atoms with Crippen molar-refractivity contribution in [3.63, 3.8) is 0 Å². The number of pyridine rings is 1. The molecule has 0 aromatic carbocycles. The summed E-state index contributed by atoms with van der Waals surface area (Å²) in [6.45, 7) is 3.92. The van der Waals surface area contributed by atoms with Gasteiger partial charge < -0.3 is 4.74 Å². The van der Waals surface area contributed by atoms with E-state index in [2.05, 4.69) is 11.6 Å². The topological polar surface area (TPSA) is 22.1 Å². The van der Waals surface area contributed by atoms with Crippen LogP contribution in [0.15, 0.2) is 24.9 Å². The normalized spacial score (nSPS) is 30.3. The molecule has 2 nitrogen and oxygen atoms in total. The SMILES string of the molecule is [2H]c1ccc2c(n1)[C@@H]1CCC[C@@H]1OC2=C. The first-order valence-electron chi connectivity index (χ1n) is 5.59. The highest BCUT2D eigenvalue weighted by atomic mass is 16.5. The van der Waals surface area contributed by atoms with Crippen molar-refractivity contribution in [2.75, 3.05) is 0 Å². The molecule has 1 aliphatic carbocycles. The quantitative estimate of drug-likeness (QED) is 0.624. The van der Waals surface area contributed by atoms with Crippen molar-refractivity contribution in [3.8, 4) is 0 Å². The van der Waals surface area contributed by atoms with Crippen LogP contribution in [-0.2, 0) is 4.74 Å². The average Bonchev–Trinajstić information content (AvgIpc) is 2.65. The molecule has 0 bridgehead atoms. The zero-order valence-corrected chi connectivity index (χ0v) is 7.99. The predicted molar refractivity (Wildman–Crippen MR) is 54.7 cm³/mol. The minimum Gasteiger partial charge on any atom is -0.490 e. The van der Waals surface area contributed by atoms with Gasteiger partial charge >= 0.3 is 0 Å². The second-order valence-electron chi connectivity index (χ2n) is 3.99. The second-order valence-corrected chi connectivity index (χ2v) is 3.99. The lowest BCUT2D eigenvalue weighted by Crippen LogP contribution is -2.23. The van der Waals surface area contributed by atoms with Crippen LogP contribution in [0, 0.1) is 0 Å². The van der Waals surface area contributed by atoms with Crippen LogP contribution >= 0.6 is 0 Å². The van der Waals surface area contributed by atoms with Gasteiger partial charge in [-0.3, -0.25) is 4.98 Å². The van der Waals surface area contributed by atoms with Gasteiger partial charge in [-0.05, 0) is 31.4 Å². The van der Waals surface area contributed by atoms with E-state index in [1.165, 1.54) is 6.42 Å². The Morgan fingerprint density at radius 2 is 2.50 bits per heavy atom. The molecule has 0 spiro atoms. The van der Waals surface area contributed by atoms with Crippen LogP contribution in [0.4, 0.5) is 0 Å². The molecule has 2 aliphatic rings. The molecule has 0 saturated heterocycles. The third-order valence-electron chi connectivity index (χ3n) is 3.18. The smallest absolute Gasteiger partial charge is 0.121 e. The Morgan fingerprint density at radius 3 is 3.43 bits per heavy atom. The van der Waals surface area contributed by atoms with Gasteiger partial charge in [0.2, 0.25) is 0 Å². The summed E-state index contributed by atoms with van der Waals surface area (Å²) in [7, 11) is 0. The lowest BCUT2D eigenvalue weighted by Gasteiger charge is -2.29. The minimum atomic E-state index is 0.249. The fraction of sp³-hybridized carbons (Fsp3) is 0.417. The summed E-state index contributed by atoms with van der Waals surface area (Å²) in [5.41, 5.74) is 2.02. The van der Waals surface area contributed by atoms with Crippen LogP contribution in [0.5, 0.6) is 0 Å². The van der Waals surface area contributed by atoms with E-state index >= 15 is 0 Å². The van der Waals surface area contributed by atoms with Crippen molar-refractivity contribution >= 4 is 5.76 Å². The molecule has 2 heteroatoms. The second kappa shape index (κ2) is 2.84. The monoisotopic (exact) mass is 188 g/mol. The van der Waals surface area contributed by atoms with Crippen LogP contribution in [0.3, 0.4) is 0 Å². The van der Waals surface area contributed by atoms with E-state index in [0.717, 1.165) is 29.9 Å². The standard InChI is InChI=1S/C12H13NO/c1-8-9-5-3-7-13-12(9)10-4-2-6-11(10)14-8/h3,5,7,10-11H,1-2,4,6H2/t10-,11+/m1/s1/i7D. The molecule has 72 valence electrons. The molecule has 1 aromatic rings. The van der Waals surface area contributed by atoms with Crippen molar-refractivity contribution in [1.29, 1.82) is 0 Å². The molecule has 1 aromatic heterocycles. The van der Waals surface area contributed by atoms with Crippen molar-refractivity contribution < 1.29 is 6.11 Å². The molecule has 0 radical (unpaired) electrons. The Balaban J connectivity index is 2.15. The summed E-state index contributed by atoms with van der Waals surface area (Å²) < 4.78 is 13.4. The Kier molecular flexibility index (Phi) is 1.43. The zero-order valence-electron chi connectivity index (χ0n) is 8.99. The third-order valence-corrected chi connectivity index (χ3v) is 3.18. The summed E-state index contributed by atoms with van der Waals surface area (Å²) >= 11 is 0. The number of hydrogen-bond donors (Lipinski definition) is 0. The minimum absolute atomic E-state index is 0.249. The van der Waals surface area contributed by atoms with Gasteiger partial charge in [0.1, 0.15) is 11.9 Å². The molecule has 2 atom stereocenters. The maximum atomic E-state index is 7.57. The van der Waals surface area contributed by atoms with Crippen molar-refractivity contribution in [3.05, 3.63) is 36.1 Å². The van der Waals surface area contributed by atoms with Gasteiger partial charge in [-0.25, -0.2) is 0 Å². The molecule has 14 heavy (non-hydrogen) atoms. The number of aromatic nitrogens is 1. The van der Waals surface area contributed by atoms with Crippen molar-refractivity contribution in [2.45, 2.75) is 31.3 Å². The molecule has 1 aliphatic heterocycles. The van der Waals surface area contributed by atoms with E-state index in [0.29, 0.717) is 12.1 Å². The van der Waals surface area contributed by atoms with Crippen molar-refractivity contribution in [2.24, 2.45) is 0 Å². The molecule has 1 fully saturated rings. The first-order valence-corrected chi connectivity index (χ1v) is 5.09. The molecule has 1 saturated carbocycles. The number of nitrogens with zero attached hydrogens (tertiary/aromatic N) is 1. The highest BCUT2D eigenvalue weighted by molar-refractivity contribution is 5.62. The van der Waals surface area contributed by atoms with Gasteiger partial charge in [-0.2, -0.15) is 0 Å². The van der Waals surface area contributed by atoms with E-state index in [1.54, 1.807) is 6.07 Å². The van der Waals surface area contributed by atoms with Crippen LogP contribution in [-0.4, -0.2) is 11.1 Å². The number of hydrogen-bond acceptors (Lipinski definition) is 2. The lowest BCUT2D eigenvalue weighted by molar-refractivity contribution is 0.144. The van der Waals surface area contributed by atoms with Gasteiger partial charge in [0.15, 0.2) is 0 Å². The fourth-order valence-corrected chi connectivity index (χ4v) is 2.52. The molecule has 2 heterocycles. The number of fused-ring (bicyclic) bond motifs is 3. The Morgan fingerprint density at radius 1 is 1.57 bits per heavy atom. The van der Waals surface area contributed by atoms with Crippen LogP contribution < -0.4 is 0 Å². The Hall–Kier alpha value is -1.31. The fourth-order valence-electron chi connectivity index (χ4n) is 2.52. The van der Waals surface area contributed by atoms with Gasteiger partial charge in [0.25, 0.3) is 0 Å². The van der Waals surface area contributed by atoms with E-state index < -0.39 is 0 Å². The van der Waals surface area contributed by atoms with Crippen LogP contribution in [0.25, 0.3) is 5.76 Å². The maximum Gasteiger partial charge on any atom is 0.121 e. The average molecular weight is 188 g/mol. The Bertz CT molecular complexity index is 430. The summed E-state index contributed by atoms with van der Waals surface area (Å²) in [4.78, 5) is 4.33. The van der Waals surface area contributed by atoms with Gasteiger partial charge in [0, 0.05) is 17.7 Å². The maximum absolute atomic E-state index is 7.57. The zero-order chi connectivity index (χ0) is 10.4. The van der Waals surface area contributed by atoms with E-state index in [1.807, 2.05) is 6.07 Å². The predicted octanol–water partition coefficient (Wildman–Crippen LogP) is 2.72. The first kappa shape index (κ1) is 7.04. The van der Waals surface area contributed by atoms with Gasteiger partial charge in [0.05, 0.1) is 7.06 Å². The van der Waals surface area contributed by atoms with E-state index in [-0.39, 0.29) is 6.10 Å².